The minimum Gasteiger partial charge on any atom is -0.508 e. The number of nitrogens with zero attached hydrogens (tertiary/aromatic N) is 2. The molecule has 1 saturated heterocycles. The van der Waals surface area contributed by atoms with Crippen LogP contribution in [0.4, 0.5) is 0 Å². The average molecular weight is 235 g/mol. The molecule has 1 aliphatic heterocycles. The summed E-state index contributed by atoms with van der Waals surface area (Å²) in [6.07, 6.45) is 1.55. The third kappa shape index (κ3) is 2.83. The summed E-state index contributed by atoms with van der Waals surface area (Å²) in [6, 6.07) is 6.58. The Morgan fingerprint density at radius 3 is 2.75 bits per heavy atom. The number of phenolic OH excluding ortho intramolecular Hbond substituents is 1. The second-order valence-electron chi connectivity index (χ2n) is 3.08. The molecule has 1 aromatic carbocycles. The number of hydrogen-bond acceptors (Lipinski definition) is 5. The maximum atomic E-state index is 10.8. The highest BCUT2D eigenvalue weighted by Gasteiger charge is 2.15. The van der Waals surface area contributed by atoms with Crippen LogP contribution in [0.1, 0.15) is 5.56 Å². The summed E-state index contributed by atoms with van der Waals surface area (Å²) in [5, 5.41) is 19.8. The van der Waals surface area contributed by atoms with Crippen molar-refractivity contribution in [3.63, 3.8) is 0 Å². The average Bonchev–Trinajstić information content (AvgIpc) is 2.67. The number of phenols is 1. The molecule has 0 spiro atoms. The van der Waals surface area contributed by atoms with Gasteiger partial charge in [-0.15, -0.1) is 5.10 Å². The van der Waals surface area contributed by atoms with E-state index >= 15 is 0 Å². The maximum absolute atomic E-state index is 10.8. The number of amidine groups is 1. The monoisotopic (exact) mass is 235 g/mol. The van der Waals surface area contributed by atoms with Crippen molar-refractivity contribution in [2.24, 2.45) is 10.2 Å². The molecule has 0 atom stereocenters. The van der Waals surface area contributed by atoms with Crippen LogP contribution >= 0.6 is 11.8 Å². The number of aromatic hydroxyl groups is 1. The molecule has 1 fully saturated rings. The van der Waals surface area contributed by atoms with Crippen LogP contribution in [0, 0.1) is 0 Å². The van der Waals surface area contributed by atoms with Gasteiger partial charge in [-0.3, -0.25) is 4.79 Å². The van der Waals surface area contributed by atoms with E-state index in [0.717, 1.165) is 5.56 Å². The molecule has 1 heterocycles. The zero-order chi connectivity index (χ0) is 11.4. The predicted molar refractivity (Wildman–Crippen MR) is 63.7 cm³/mol. The molecule has 2 N–H and O–H groups in total. The molecule has 1 amide bonds. The Balaban J connectivity index is 1.99. The van der Waals surface area contributed by atoms with E-state index in [4.69, 9.17) is 5.11 Å². The smallest absolute Gasteiger partial charge is 0.236 e. The van der Waals surface area contributed by atoms with Crippen LogP contribution in [0.15, 0.2) is 34.5 Å². The highest BCUT2D eigenvalue weighted by molar-refractivity contribution is 8.15. The number of nitrogens with one attached hydrogen (secondary N) is 1. The molecule has 0 aliphatic carbocycles. The Morgan fingerprint density at radius 1 is 1.38 bits per heavy atom. The molecule has 0 aromatic heterocycles. The van der Waals surface area contributed by atoms with E-state index in [1.165, 1.54) is 11.8 Å². The van der Waals surface area contributed by atoms with Gasteiger partial charge in [-0.1, -0.05) is 11.8 Å². The van der Waals surface area contributed by atoms with Crippen molar-refractivity contribution < 1.29 is 9.90 Å². The van der Waals surface area contributed by atoms with E-state index in [2.05, 4.69) is 15.5 Å². The molecule has 2 rings (SSSR count). The minimum atomic E-state index is -0.0522. The van der Waals surface area contributed by atoms with Gasteiger partial charge in [0, 0.05) is 0 Å². The summed E-state index contributed by atoms with van der Waals surface area (Å²) in [6.45, 7) is 0. The van der Waals surface area contributed by atoms with Crippen molar-refractivity contribution in [2.75, 3.05) is 5.75 Å². The first-order chi connectivity index (χ1) is 7.74. The van der Waals surface area contributed by atoms with E-state index in [0.29, 0.717) is 10.9 Å². The Bertz CT molecular complexity index is 454. The van der Waals surface area contributed by atoms with Crippen molar-refractivity contribution in [3.8, 4) is 5.75 Å². The fraction of sp³-hybridized carbons (Fsp3) is 0.100. The number of carbonyl (C=O) groups excluding carboxylic acids is 1. The largest absolute Gasteiger partial charge is 0.508 e. The number of benzene rings is 1. The lowest BCUT2D eigenvalue weighted by molar-refractivity contribution is -0.116. The van der Waals surface area contributed by atoms with E-state index < -0.39 is 0 Å². The van der Waals surface area contributed by atoms with E-state index in [1.54, 1.807) is 30.5 Å². The minimum absolute atomic E-state index is 0.0522. The van der Waals surface area contributed by atoms with Crippen molar-refractivity contribution in [3.05, 3.63) is 29.8 Å². The molecule has 1 aromatic rings. The molecule has 0 saturated carbocycles. The molecule has 82 valence electrons. The third-order valence-corrected chi connectivity index (χ3v) is 2.70. The fourth-order valence-electron chi connectivity index (χ4n) is 1.09. The number of hydrogen-bond donors (Lipinski definition) is 2. The van der Waals surface area contributed by atoms with Crippen LogP contribution in [0.25, 0.3) is 0 Å². The lowest BCUT2D eigenvalue weighted by Crippen LogP contribution is -2.19. The predicted octanol–water partition coefficient (Wildman–Crippen LogP) is 0.945. The van der Waals surface area contributed by atoms with E-state index in [-0.39, 0.29) is 11.7 Å². The summed E-state index contributed by atoms with van der Waals surface area (Å²) >= 11 is 1.32. The molecular weight excluding hydrogens is 226 g/mol. The van der Waals surface area contributed by atoms with Gasteiger partial charge in [0.05, 0.1) is 12.0 Å². The first kappa shape index (κ1) is 10.7. The number of thioether (sulfide) groups is 1. The van der Waals surface area contributed by atoms with Gasteiger partial charge in [0.2, 0.25) is 5.91 Å². The summed E-state index contributed by atoms with van der Waals surface area (Å²) in [7, 11) is 0. The van der Waals surface area contributed by atoms with Gasteiger partial charge in [-0.25, -0.2) is 0 Å². The first-order valence-corrected chi connectivity index (χ1v) is 5.55. The fourth-order valence-corrected chi connectivity index (χ4v) is 1.72. The molecule has 6 heteroatoms. The van der Waals surface area contributed by atoms with Crippen molar-refractivity contribution >= 4 is 29.1 Å². The molecule has 0 bridgehead atoms. The molecule has 0 unspecified atom stereocenters. The second kappa shape index (κ2) is 4.80. The SMILES string of the molecule is O=C1CSC(=N/N=C/c2ccc(O)cc2)N1. The summed E-state index contributed by atoms with van der Waals surface area (Å²) in [4.78, 5) is 10.8. The van der Waals surface area contributed by atoms with Crippen molar-refractivity contribution in [1.29, 1.82) is 0 Å². The number of carbonyl (C=O) groups is 1. The Labute approximate surface area is 96.3 Å². The first-order valence-electron chi connectivity index (χ1n) is 4.57. The van der Waals surface area contributed by atoms with Crippen LogP contribution in [-0.2, 0) is 4.79 Å². The van der Waals surface area contributed by atoms with E-state index in [1.807, 2.05) is 0 Å². The maximum Gasteiger partial charge on any atom is 0.236 e. The van der Waals surface area contributed by atoms with Crippen LogP contribution in [-0.4, -0.2) is 28.1 Å². The standard InChI is InChI=1S/C10H9N3O2S/c14-8-3-1-7(2-4-8)5-11-13-10-12-9(15)6-16-10/h1-5,14H,6H2,(H,12,13,15)/b11-5+. The highest BCUT2D eigenvalue weighted by atomic mass is 32.2. The Morgan fingerprint density at radius 2 is 2.12 bits per heavy atom. The topological polar surface area (TPSA) is 74.0 Å². The lowest BCUT2D eigenvalue weighted by atomic mass is 10.2. The van der Waals surface area contributed by atoms with Crippen LogP contribution in [0.3, 0.4) is 0 Å². The van der Waals surface area contributed by atoms with Crippen molar-refractivity contribution in [1.82, 2.24) is 5.32 Å². The second-order valence-corrected chi connectivity index (χ2v) is 4.04. The van der Waals surface area contributed by atoms with Gasteiger partial charge in [0.15, 0.2) is 5.17 Å². The zero-order valence-electron chi connectivity index (χ0n) is 8.25. The van der Waals surface area contributed by atoms with Gasteiger partial charge in [-0.2, -0.15) is 5.10 Å². The van der Waals surface area contributed by atoms with Gasteiger partial charge < -0.3 is 10.4 Å². The van der Waals surface area contributed by atoms with Gasteiger partial charge in [0.25, 0.3) is 0 Å². The van der Waals surface area contributed by atoms with Gasteiger partial charge in [-0.05, 0) is 29.8 Å². The lowest BCUT2D eigenvalue weighted by Gasteiger charge is -1.92. The third-order valence-electron chi connectivity index (χ3n) is 1.83. The van der Waals surface area contributed by atoms with E-state index in [9.17, 15) is 4.79 Å². The quantitative estimate of drug-likeness (QED) is 0.592. The molecule has 16 heavy (non-hydrogen) atoms. The number of amides is 1. The normalized spacial score (nSPS) is 18.2. The zero-order valence-corrected chi connectivity index (χ0v) is 9.07. The Kier molecular flexibility index (Phi) is 3.21. The summed E-state index contributed by atoms with van der Waals surface area (Å²) < 4.78 is 0. The molecule has 1 aliphatic rings. The molecule has 0 radical (unpaired) electrons. The van der Waals surface area contributed by atoms with Gasteiger partial charge >= 0.3 is 0 Å². The summed E-state index contributed by atoms with van der Waals surface area (Å²) in [5.74, 6) is 0.554. The van der Waals surface area contributed by atoms with Crippen molar-refractivity contribution in [2.45, 2.75) is 0 Å². The molecule has 5 nitrogen and oxygen atoms in total. The van der Waals surface area contributed by atoms with Gasteiger partial charge in [0.1, 0.15) is 5.75 Å². The number of rotatable bonds is 2. The Hall–Kier alpha value is -1.82. The molecular formula is C10H9N3O2S. The van der Waals surface area contributed by atoms with Crippen LogP contribution in [0.2, 0.25) is 0 Å². The van der Waals surface area contributed by atoms with Crippen LogP contribution < -0.4 is 5.32 Å². The van der Waals surface area contributed by atoms with Crippen LogP contribution in [0.5, 0.6) is 5.75 Å². The highest BCUT2D eigenvalue weighted by Crippen LogP contribution is 2.09. The summed E-state index contributed by atoms with van der Waals surface area (Å²) in [5.41, 5.74) is 0.830.